The molecule has 1 aliphatic carbocycles. The molecule has 140 valence electrons. The molecule has 0 saturated heterocycles. The molecule has 0 saturated carbocycles. The molecule has 1 aromatic carbocycles. The summed E-state index contributed by atoms with van der Waals surface area (Å²) in [5.41, 5.74) is 5.04. The number of anilines is 1. The molecule has 0 fully saturated rings. The molecule has 0 radical (unpaired) electrons. The Labute approximate surface area is 159 Å². The lowest BCUT2D eigenvalue weighted by molar-refractivity contribution is 0.0696. The molecule has 0 aliphatic heterocycles. The lowest BCUT2D eigenvalue weighted by atomic mass is 9.76. The Balaban J connectivity index is 2.18. The summed E-state index contributed by atoms with van der Waals surface area (Å²) < 4.78 is 0. The monoisotopic (exact) mass is 372 g/mol. The largest absolute Gasteiger partial charge is 0.478 e. The van der Waals surface area contributed by atoms with Crippen LogP contribution in [0, 0.1) is 5.41 Å². The third-order valence-electron chi connectivity index (χ3n) is 5.21. The number of nitrogens with one attached hydrogen (secondary N) is 1. The highest BCUT2D eigenvalue weighted by molar-refractivity contribution is 7.16. The highest BCUT2D eigenvalue weighted by Gasteiger charge is 2.33. The second-order valence-electron chi connectivity index (χ2n) is 8.12. The van der Waals surface area contributed by atoms with Gasteiger partial charge in [-0.25, -0.2) is 4.79 Å². The fraction of sp³-hybridized carbons (Fsp3) is 0.476. The van der Waals surface area contributed by atoms with E-state index in [1.54, 1.807) is 11.3 Å². The zero-order valence-electron chi connectivity index (χ0n) is 16.3. The standard InChI is InChI=1S/C21H28N2O2S/c1-21(2)9-8-17-16(11-21)18(20(24)25)19(26-17)15-7-6-14(23(4)5)10-13(15)12-22-3/h6-7,10,22H,8-9,11-12H2,1-5H3,(H,24,25). The van der Waals surface area contributed by atoms with Gasteiger partial charge in [-0.3, -0.25) is 0 Å². The Morgan fingerprint density at radius 2 is 2.08 bits per heavy atom. The number of rotatable bonds is 5. The topological polar surface area (TPSA) is 52.6 Å². The van der Waals surface area contributed by atoms with E-state index in [1.165, 1.54) is 4.88 Å². The smallest absolute Gasteiger partial charge is 0.337 e. The fourth-order valence-electron chi connectivity index (χ4n) is 3.75. The predicted molar refractivity (Wildman–Crippen MR) is 110 cm³/mol. The minimum Gasteiger partial charge on any atom is -0.478 e. The average molecular weight is 373 g/mol. The van der Waals surface area contributed by atoms with Gasteiger partial charge in [-0.15, -0.1) is 11.3 Å². The van der Waals surface area contributed by atoms with Crippen LogP contribution in [0.25, 0.3) is 10.4 Å². The van der Waals surface area contributed by atoms with Crippen molar-refractivity contribution in [2.24, 2.45) is 5.41 Å². The van der Waals surface area contributed by atoms with Crippen LogP contribution < -0.4 is 10.2 Å². The van der Waals surface area contributed by atoms with Crippen LogP contribution in [0.15, 0.2) is 18.2 Å². The first-order valence-corrected chi connectivity index (χ1v) is 9.88. The van der Waals surface area contributed by atoms with Gasteiger partial charge in [0.1, 0.15) is 0 Å². The van der Waals surface area contributed by atoms with Gasteiger partial charge in [-0.1, -0.05) is 19.9 Å². The van der Waals surface area contributed by atoms with Gasteiger partial charge < -0.3 is 15.3 Å². The Bertz CT molecular complexity index is 837. The predicted octanol–water partition coefficient (Wildman–Crippen LogP) is 4.41. The Hall–Kier alpha value is -1.85. The van der Waals surface area contributed by atoms with E-state index in [0.29, 0.717) is 12.1 Å². The van der Waals surface area contributed by atoms with Crippen LogP contribution in [0.5, 0.6) is 0 Å². The number of hydrogen-bond acceptors (Lipinski definition) is 4. The van der Waals surface area contributed by atoms with Crippen molar-refractivity contribution in [3.8, 4) is 10.4 Å². The number of nitrogens with zero attached hydrogens (tertiary/aromatic N) is 1. The zero-order valence-corrected chi connectivity index (χ0v) is 17.1. The molecule has 1 aromatic heterocycles. The molecule has 0 unspecified atom stereocenters. The maximum atomic E-state index is 12.2. The first kappa shape index (κ1) is 18.9. The van der Waals surface area contributed by atoms with E-state index in [-0.39, 0.29) is 5.41 Å². The normalized spacial score (nSPS) is 15.6. The summed E-state index contributed by atoms with van der Waals surface area (Å²) in [6, 6.07) is 6.31. The third kappa shape index (κ3) is 3.51. The van der Waals surface area contributed by atoms with E-state index >= 15 is 0 Å². The molecule has 5 heteroatoms. The number of aromatic carboxylic acids is 1. The van der Waals surface area contributed by atoms with Crippen molar-refractivity contribution in [1.29, 1.82) is 0 Å². The van der Waals surface area contributed by atoms with Gasteiger partial charge in [0.2, 0.25) is 0 Å². The van der Waals surface area contributed by atoms with Crippen molar-refractivity contribution < 1.29 is 9.90 Å². The molecule has 2 aromatic rings. The van der Waals surface area contributed by atoms with Crippen molar-refractivity contribution in [3.63, 3.8) is 0 Å². The van der Waals surface area contributed by atoms with Crippen LogP contribution in [0.3, 0.4) is 0 Å². The van der Waals surface area contributed by atoms with Gasteiger partial charge in [0.15, 0.2) is 0 Å². The molecule has 0 bridgehead atoms. The van der Waals surface area contributed by atoms with Gasteiger partial charge in [-0.05, 0) is 60.5 Å². The summed E-state index contributed by atoms with van der Waals surface area (Å²) >= 11 is 1.68. The van der Waals surface area contributed by atoms with E-state index in [9.17, 15) is 9.90 Å². The summed E-state index contributed by atoms with van der Waals surface area (Å²) in [4.78, 5) is 16.4. The third-order valence-corrected chi connectivity index (χ3v) is 6.53. The molecule has 4 nitrogen and oxygen atoms in total. The lowest BCUT2D eigenvalue weighted by Gasteiger charge is -2.29. The lowest BCUT2D eigenvalue weighted by Crippen LogP contribution is -2.22. The second kappa shape index (κ2) is 7.05. The molecular weight excluding hydrogens is 344 g/mol. The minimum absolute atomic E-state index is 0.165. The maximum absolute atomic E-state index is 12.2. The van der Waals surface area contributed by atoms with Crippen molar-refractivity contribution in [2.45, 2.75) is 39.7 Å². The number of benzene rings is 1. The van der Waals surface area contributed by atoms with Crippen LogP contribution in [0.1, 0.15) is 46.6 Å². The molecule has 0 amide bonds. The summed E-state index contributed by atoms with van der Waals surface area (Å²) in [6.07, 6.45) is 2.93. The van der Waals surface area contributed by atoms with Gasteiger partial charge in [0.05, 0.1) is 5.56 Å². The number of aryl methyl sites for hydroxylation is 1. The molecule has 0 atom stereocenters. The number of fused-ring (bicyclic) bond motifs is 1. The van der Waals surface area contributed by atoms with E-state index in [0.717, 1.165) is 46.5 Å². The maximum Gasteiger partial charge on any atom is 0.337 e. The number of carbonyl (C=O) groups is 1. The van der Waals surface area contributed by atoms with Gasteiger partial charge in [0.25, 0.3) is 0 Å². The van der Waals surface area contributed by atoms with Crippen LogP contribution >= 0.6 is 11.3 Å². The number of hydrogen-bond donors (Lipinski definition) is 2. The number of thiophene rings is 1. The van der Waals surface area contributed by atoms with Crippen molar-refractivity contribution in [2.75, 3.05) is 26.0 Å². The highest BCUT2D eigenvalue weighted by Crippen LogP contribution is 2.46. The Morgan fingerprint density at radius 1 is 1.35 bits per heavy atom. The summed E-state index contributed by atoms with van der Waals surface area (Å²) in [6.45, 7) is 5.18. The zero-order chi connectivity index (χ0) is 19.1. The van der Waals surface area contributed by atoms with Crippen molar-refractivity contribution >= 4 is 23.0 Å². The van der Waals surface area contributed by atoms with Crippen LogP contribution in [0.4, 0.5) is 5.69 Å². The molecule has 1 heterocycles. The van der Waals surface area contributed by atoms with Crippen molar-refractivity contribution in [1.82, 2.24) is 5.32 Å². The van der Waals surface area contributed by atoms with E-state index in [2.05, 4.69) is 42.3 Å². The molecule has 26 heavy (non-hydrogen) atoms. The SMILES string of the molecule is CNCc1cc(N(C)C)ccc1-c1sc2c(c1C(=O)O)CC(C)(C)CC2. The van der Waals surface area contributed by atoms with Gasteiger partial charge >= 0.3 is 5.97 Å². The molecule has 2 N–H and O–H groups in total. The van der Waals surface area contributed by atoms with Gasteiger partial charge in [0, 0.05) is 36.1 Å². The van der Waals surface area contributed by atoms with Gasteiger partial charge in [-0.2, -0.15) is 0 Å². The summed E-state index contributed by atoms with van der Waals surface area (Å²) in [7, 11) is 5.96. The Kier molecular flexibility index (Phi) is 5.13. The average Bonchev–Trinajstić information content (AvgIpc) is 2.92. The first-order valence-electron chi connectivity index (χ1n) is 9.06. The number of carboxylic acids is 1. The minimum atomic E-state index is -0.803. The quantitative estimate of drug-likeness (QED) is 0.816. The van der Waals surface area contributed by atoms with Crippen LogP contribution in [-0.2, 0) is 19.4 Å². The van der Waals surface area contributed by atoms with Crippen LogP contribution in [0.2, 0.25) is 0 Å². The highest BCUT2D eigenvalue weighted by atomic mass is 32.1. The van der Waals surface area contributed by atoms with E-state index in [1.807, 2.05) is 21.1 Å². The second-order valence-corrected chi connectivity index (χ2v) is 9.23. The molecule has 0 spiro atoms. The number of carboxylic acid groups (broad SMARTS) is 1. The molecule has 3 rings (SSSR count). The fourth-order valence-corrected chi connectivity index (χ4v) is 5.12. The summed E-state index contributed by atoms with van der Waals surface area (Å²) in [5.74, 6) is -0.803. The van der Waals surface area contributed by atoms with E-state index in [4.69, 9.17) is 0 Å². The first-order chi connectivity index (χ1) is 12.2. The molecular formula is C21H28N2O2S. The molecule has 1 aliphatic rings. The van der Waals surface area contributed by atoms with E-state index < -0.39 is 5.97 Å². The summed E-state index contributed by atoms with van der Waals surface area (Å²) in [5, 5.41) is 13.2. The van der Waals surface area contributed by atoms with Crippen LogP contribution in [-0.4, -0.2) is 32.2 Å². The van der Waals surface area contributed by atoms with Crippen molar-refractivity contribution in [3.05, 3.63) is 39.8 Å². The Morgan fingerprint density at radius 3 is 2.69 bits per heavy atom.